The zero-order chi connectivity index (χ0) is 19.5. The highest BCUT2D eigenvalue weighted by molar-refractivity contribution is 7.13. The lowest BCUT2D eigenvalue weighted by Gasteiger charge is -2.03. The van der Waals surface area contributed by atoms with Gasteiger partial charge in [-0.15, -0.1) is 27.8 Å². The van der Waals surface area contributed by atoms with Gasteiger partial charge in [0.05, 0.1) is 27.8 Å². The van der Waals surface area contributed by atoms with Gasteiger partial charge in [0.25, 0.3) is 5.91 Å². The van der Waals surface area contributed by atoms with E-state index in [1.54, 1.807) is 27.4 Å². The fraction of sp³-hybridized carbons (Fsp3) is 0.200. The number of thiazole rings is 1. The highest BCUT2D eigenvalue weighted by Crippen LogP contribution is 2.25. The van der Waals surface area contributed by atoms with Crippen LogP contribution >= 0.6 is 22.7 Å². The van der Waals surface area contributed by atoms with Crippen molar-refractivity contribution in [3.05, 3.63) is 69.8 Å². The molecule has 4 aromatic rings. The number of hydrogen-bond donors (Lipinski definition) is 1. The van der Waals surface area contributed by atoms with E-state index in [1.165, 1.54) is 0 Å². The van der Waals surface area contributed by atoms with Crippen LogP contribution in [-0.4, -0.2) is 25.7 Å². The topological polar surface area (TPSA) is 72.7 Å². The van der Waals surface area contributed by atoms with Crippen LogP contribution in [0.4, 0.5) is 0 Å². The maximum Gasteiger partial charge on any atom is 0.291 e. The third-order valence-corrected chi connectivity index (χ3v) is 6.11. The van der Waals surface area contributed by atoms with Crippen LogP contribution in [0.25, 0.3) is 16.4 Å². The van der Waals surface area contributed by atoms with E-state index >= 15 is 0 Å². The van der Waals surface area contributed by atoms with Gasteiger partial charge in [0.2, 0.25) is 5.82 Å². The van der Waals surface area contributed by atoms with E-state index in [-0.39, 0.29) is 11.7 Å². The van der Waals surface area contributed by atoms with Crippen molar-refractivity contribution in [2.75, 3.05) is 0 Å². The molecule has 0 spiro atoms. The molecule has 0 saturated heterocycles. The first-order valence-corrected chi connectivity index (χ1v) is 10.7. The largest absolute Gasteiger partial charge is 0.344 e. The number of thiophene rings is 1. The van der Waals surface area contributed by atoms with Gasteiger partial charge in [0, 0.05) is 11.3 Å². The zero-order valence-electron chi connectivity index (χ0n) is 15.5. The lowest BCUT2D eigenvalue weighted by molar-refractivity contribution is 0.0940. The van der Waals surface area contributed by atoms with Gasteiger partial charge < -0.3 is 5.32 Å². The van der Waals surface area contributed by atoms with Crippen molar-refractivity contribution in [1.29, 1.82) is 0 Å². The maximum absolute atomic E-state index is 12.7. The molecule has 28 heavy (non-hydrogen) atoms. The lowest BCUT2D eigenvalue weighted by Crippen LogP contribution is -2.24. The number of carbonyl (C=O) groups is 1. The Morgan fingerprint density at radius 1 is 1.11 bits per heavy atom. The minimum Gasteiger partial charge on any atom is -0.344 e. The first kappa shape index (κ1) is 18.5. The van der Waals surface area contributed by atoms with Gasteiger partial charge in [-0.1, -0.05) is 38.1 Å². The summed E-state index contributed by atoms with van der Waals surface area (Å²) in [4.78, 5) is 22.7. The third-order valence-electron chi connectivity index (χ3n) is 4.05. The fourth-order valence-corrected chi connectivity index (χ4v) is 4.18. The van der Waals surface area contributed by atoms with Crippen LogP contribution in [0.15, 0.2) is 53.2 Å². The molecular weight excluding hydrogens is 390 g/mol. The molecule has 0 fully saturated rings. The highest BCUT2D eigenvalue weighted by atomic mass is 32.1. The molecule has 8 heteroatoms. The Balaban J connectivity index is 1.58. The summed E-state index contributed by atoms with van der Waals surface area (Å²) in [6, 6.07) is 13.6. The summed E-state index contributed by atoms with van der Waals surface area (Å²) < 4.78 is 1.71. The number of nitrogens with one attached hydrogen (secondary N) is 1. The van der Waals surface area contributed by atoms with Crippen molar-refractivity contribution in [3.63, 3.8) is 0 Å². The maximum atomic E-state index is 12.7. The smallest absolute Gasteiger partial charge is 0.291 e. The first-order chi connectivity index (χ1) is 13.6. The van der Waals surface area contributed by atoms with Gasteiger partial charge in [-0.05, 0) is 23.6 Å². The summed E-state index contributed by atoms with van der Waals surface area (Å²) in [6.45, 7) is 4.57. The quantitative estimate of drug-likeness (QED) is 0.509. The molecule has 0 bridgehead atoms. The molecule has 0 aliphatic rings. The minimum absolute atomic E-state index is 0.145. The molecule has 1 N–H and O–H groups in total. The molecule has 1 amide bonds. The van der Waals surface area contributed by atoms with Gasteiger partial charge in [-0.3, -0.25) is 4.79 Å². The van der Waals surface area contributed by atoms with Crippen LogP contribution in [0.2, 0.25) is 0 Å². The summed E-state index contributed by atoms with van der Waals surface area (Å²) in [5.41, 5.74) is 1.71. The Hall–Kier alpha value is -2.84. The van der Waals surface area contributed by atoms with E-state index in [1.807, 2.05) is 53.2 Å². The average Bonchev–Trinajstić information content (AvgIpc) is 3.46. The van der Waals surface area contributed by atoms with Crippen LogP contribution in [0, 0.1) is 0 Å². The Kier molecular flexibility index (Phi) is 5.31. The molecule has 0 unspecified atom stereocenters. The van der Waals surface area contributed by atoms with Gasteiger partial charge in [-0.2, -0.15) is 0 Å². The number of nitrogens with zero attached hydrogens (tertiary/aromatic N) is 4. The summed E-state index contributed by atoms with van der Waals surface area (Å²) in [5.74, 6) is 0.867. The van der Waals surface area contributed by atoms with Crippen molar-refractivity contribution in [2.45, 2.75) is 26.3 Å². The fourth-order valence-electron chi connectivity index (χ4n) is 2.64. The van der Waals surface area contributed by atoms with Gasteiger partial charge in [-0.25, -0.2) is 14.6 Å². The van der Waals surface area contributed by atoms with E-state index in [9.17, 15) is 4.79 Å². The first-order valence-electron chi connectivity index (χ1n) is 8.90. The van der Waals surface area contributed by atoms with Crippen LogP contribution in [-0.2, 0) is 6.54 Å². The van der Waals surface area contributed by atoms with Crippen molar-refractivity contribution in [2.24, 2.45) is 0 Å². The van der Waals surface area contributed by atoms with Crippen molar-refractivity contribution in [3.8, 4) is 16.4 Å². The second-order valence-corrected chi connectivity index (χ2v) is 8.34. The monoisotopic (exact) mass is 409 g/mol. The second-order valence-electron chi connectivity index (χ2n) is 6.50. The molecule has 0 saturated carbocycles. The van der Waals surface area contributed by atoms with E-state index in [4.69, 9.17) is 0 Å². The third kappa shape index (κ3) is 3.88. The normalized spacial score (nSPS) is 11.1. The number of aromatic nitrogens is 4. The predicted octanol–water partition coefficient (Wildman–Crippen LogP) is 4.51. The second kappa shape index (κ2) is 8.04. The predicted molar refractivity (Wildman–Crippen MR) is 112 cm³/mol. The van der Waals surface area contributed by atoms with Crippen molar-refractivity contribution < 1.29 is 4.79 Å². The summed E-state index contributed by atoms with van der Waals surface area (Å²) in [5, 5.41) is 12.4. The van der Waals surface area contributed by atoms with Crippen molar-refractivity contribution in [1.82, 2.24) is 25.1 Å². The van der Waals surface area contributed by atoms with Gasteiger partial charge in [0.1, 0.15) is 0 Å². The molecule has 3 aromatic heterocycles. The number of hydrogen-bond acceptors (Lipinski definition) is 6. The molecule has 4 rings (SSSR count). The van der Waals surface area contributed by atoms with E-state index < -0.39 is 0 Å². The highest BCUT2D eigenvalue weighted by Gasteiger charge is 2.19. The Labute approximate surface area is 170 Å². The van der Waals surface area contributed by atoms with Crippen LogP contribution in [0.3, 0.4) is 0 Å². The number of rotatable bonds is 6. The molecular formula is C20H19N5OS2. The summed E-state index contributed by atoms with van der Waals surface area (Å²) in [6.07, 6.45) is 0. The Morgan fingerprint density at radius 2 is 1.93 bits per heavy atom. The minimum atomic E-state index is -0.313. The average molecular weight is 410 g/mol. The summed E-state index contributed by atoms with van der Waals surface area (Å²) >= 11 is 3.17. The standard InChI is InChI=1S/C20H19N5OS2/c1-13(2)20-22-14(12-28-20)11-21-19(26)17-23-18(16-9-6-10-27-16)25(24-17)15-7-4-3-5-8-15/h3-10,12-13H,11H2,1-2H3,(H,21,26). The molecule has 0 atom stereocenters. The molecule has 6 nitrogen and oxygen atoms in total. The number of carbonyl (C=O) groups excluding carboxylic acids is 1. The van der Waals surface area contributed by atoms with Crippen LogP contribution in [0.5, 0.6) is 0 Å². The molecule has 3 heterocycles. The van der Waals surface area contributed by atoms with Crippen molar-refractivity contribution >= 4 is 28.6 Å². The molecule has 0 aliphatic carbocycles. The zero-order valence-corrected chi connectivity index (χ0v) is 17.1. The van der Waals surface area contributed by atoms with Crippen LogP contribution in [0.1, 0.15) is 41.1 Å². The Bertz CT molecular complexity index is 1070. The molecule has 0 aliphatic heterocycles. The summed E-state index contributed by atoms with van der Waals surface area (Å²) in [7, 11) is 0. The van der Waals surface area contributed by atoms with E-state index in [0.717, 1.165) is 21.3 Å². The van der Waals surface area contributed by atoms with Crippen LogP contribution < -0.4 is 5.32 Å². The van der Waals surface area contributed by atoms with E-state index in [0.29, 0.717) is 18.3 Å². The number of amides is 1. The van der Waals surface area contributed by atoms with E-state index in [2.05, 4.69) is 34.2 Å². The number of para-hydroxylation sites is 1. The number of benzene rings is 1. The molecule has 0 radical (unpaired) electrons. The Morgan fingerprint density at radius 3 is 2.61 bits per heavy atom. The molecule has 142 valence electrons. The molecule has 1 aromatic carbocycles. The van der Waals surface area contributed by atoms with Gasteiger partial charge in [0.15, 0.2) is 5.82 Å². The lowest BCUT2D eigenvalue weighted by atomic mass is 10.2. The van der Waals surface area contributed by atoms with Gasteiger partial charge >= 0.3 is 0 Å². The SMILES string of the molecule is CC(C)c1nc(CNC(=O)c2nc(-c3cccs3)n(-c3ccccc3)n2)cs1.